The Kier molecular flexibility index (Phi) is 5.16. The molecular formula is C13H22N2O2S. The number of aliphatic hydroxyl groups is 1. The Hall–Kier alpha value is -1.07. The molecule has 1 heterocycles. The number of nitrogen functional groups attached to an aromatic ring is 1. The highest BCUT2D eigenvalue weighted by atomic mass is 32.1. The van der Waals surface area contributed by atoms with Crippen molar-refractivity contribution in [2.24, 2.45) is 5.41 Å². The van der Waals surface area contributed by atoms with Gasteiger partial charge in [-0.15, -0.1) is 11.3 Å². The van der Waals surface area contributed by atoms with Crippen LogP contribution in [-0.4, -0.2) is 24.2 Å². The van der Waals surface area contributed by atoms with Crippen LogP contribution < -0.4 is 11.1 Å². The molecule has 0 aliphatic heterocycles. The summed E-state index contributed by atoms with van der Waals surface area (Å²) in [5.41, 5.74) is 6.40. The summed E-state index contributed by atoms with van der Waals surface area (Å²) in [5.74, 6) is -0.0723. The first-order valence-corrected chi connectivity index (χ1v) is 6.92. The van der Waals surface area contributed by atoms with Gasteiger partial charge < -0.3 is 16.2 Å². The number of aryl methyl sites for hydroxylation is 1. The predicted molar refractivity (Wildman–Crippen MR) is 75.9 cm³/mol. The largest absolute Gasteiger partial charge is 0.398 e. The summed E-state index contributed by atoms with van der Waals surface area (Å²) in [7, 11) is 0. The van der Waals surface area contributed by atoms with Crippen LogP contribution in [0.2, 0.25) is 0 Å². The standard InChI is InChI=1S/C13H22N2O2S/c1-9-10(14)7-11(18-9)12(17)15-8-13(2,3)5-4-6-16/h7,16H,4-6,8,14H2,1-3H3,(H,15,17). The van der Waals surface area contributed by atoms with E-state index in [1.807, 2.05) is 6.92 Å². The van der Waals surface area contributed by atoms with E-state index < -0.39 is 0 Å². The molecule has 1 aromatic heterocycles. The fraction of sp³-hybridized carbons (Fsp3) is 0.615. The van der Waals surface area contributed by atoms with Gasteiger partial charge in [0.05, 0.1) is 4.88 Å². The highest BCUT2D eigenvalue weighted by molar-refractivity contribution is 7.14. The van der Waals surface area contributed by atoms with Crippen LogP contribution in [0.5, 0.6) is 0 Å². The van der Waals surface area contributed by atoms with Gasteiger partial charge in [-0.25, -0.2) is 0 Å². The smallest absolute Gasteiger partial charge is 0.261 e. The molecule has 0 unspecified atom stereocenters. The maximum absolute atomic E-state index is 11.9. The maximum atomic E-state index is 11.9. The first-order valence-electron chi connectivity index (χ1n) is 6.11. The Labute approximate surface area is 112 Å². The van der Waals surface area contributed by atoms with Crippen molar-refractivity contribution in [1.82, 2.24) is 5.32 Å². The number of rotatable bonds is 6. The van der Waals surface area contributed by atoms with Gasteiger partial charge >= 0.3 is 0 Å². The van der Waals surface area contributed by atoms with Crippen LogP contribution in [0.4, 0.5) is 5.69 Å². The van der Waals surface area contributed by atoms with Gasteiger partial charge in [-0.2, -0.15) is 0 Å². The molecule has 0 fully saturated rings. The molecule has 18 heavy (non-hydrogen) atoms. The molecule has 0 spiro atoms. The monoisotopic (exact) mass is 270 g/mol. The zero-order chi connectivity index (χ0) is 13.8. The van der Waals surface area contributed by atoms with Crippen LogP contribution in [0, 0.1) is 12.3 Å². The summed E-state index contributed by atoms with van der Waals surface area (Å²) in [5, 5.41) is 11.7. The zero-order valence-corrected chi connectivity index (χ0v) is 12.1. The van der Waals surface area contributed by atoms with Gasteiger partial charge in [-0.05, 0) is 31.2 Å². The number of hydrogen-bond donors (Lipinski definition) is 3. The molecule has 1 amide bonds. The molecule has 0 aliphatic carbocycles. The van der Waals surface area contributed by atoms with E-state index in [0.29, 0.717) is 17.1 Å². The highest BCUT2D eigenvalue weighted by Crippen LogP contribution is 2.24. The molecular weight excluding hydrogens is 248 g/mol. The predicted octanol–water partition coefficient (Wildman–Crippen LogP) is 2.17. The van der Waals surface area contributed by atoms with E-state index in [1.165, 1.54) is 11.3 Å². The van der Waals surface area contributed by atoms with Crippen molar-refractivity contribution in [1.29, 1.82) is 0 Å². The highest BCUT2D eigenvalue weighted by Gasteiger charge is 2.19. The van der Waals surface area contributed by atoms with Crippen molar-refractivity contribution in [3.8, 4) is 0 Å². The third-order valence-corrected chi connectivity index (χ3v) is 3.98. The number of anilines is 1. The Morgan fingerprint density at radius 1 is 1.56 bits per heavy atom. The van der Waals surface area contributed by atoms with Gasteiger partial charge in [0.1, 0.15) is 0 Å². The number of amides is 1. The normalized spacial score (nSPS) is 11.6. The number of carbonyl (C=O) groups is 1. The maximum Gasteiger partial charge on any atom is 0.261 e. The summed E-state index contributed by atoms with van der Waals surface area (Å²) in [4.78, 5) is 13.6. The number of aliphatic hydroxyl groups excluding tert-OH is 1. The van der Waals surface area contributed by atoms with Gasteiger partial charge in [-0.1, -0.05) is 13.8 Å². The molecule has 0 bridgehead atoms. The van der Waals surface area contributed by atoms with Crippen LogP contribution >= 0.6 is 11.3 Å². The zero-order valence-electron chi connectivity index (χ0n) is 11.2. The van der Waals surface area contributed by atoms with E-state index in [1.54, 1.807) is 6.07 Å². The molecule has 102 valence electrons. The van der Waals surface area contributed by atoms with Gasteiger partial charge in [0.25, 0.3) is 5.91 Å². The minimum Gasteiger partial charge on any atom is -0.398 e. The van der Waals surface area contributed by atoms with Crippen molar-refractivity contribution in [3.05, 3.63) is 15.8 Å². The molecule has 0 atom stereocenters. The van der Waals surface area contributed by atoms with Crippen molar-refractivity contribution < 1.29 is 9.90 Å². The minimum atomic E-state index is -0.0723. The SMILES string of the molecule is Cc1sc(C(=O)NCC(C)(C)CCCO)cc1N. The molecule has 5 heteroatoms. The summed E-state index contributed by atoms with van der Waals surface area (Å²) in [6, 6.07) is 1.72. The number of hydrogen-bond acceptors (Lipinski definition) is 4. The lowest BCUT2D eigenvalue weighted by Crippen LogP contribution is -2.33. The first-order chi connectivity index (χ1) is 8.35. The topological polar surface area (TPSA) is 75.3 Å². The number of nitrogens with one attached hydrogen (secondary N) is 1. The van der Waals surface area contributed by atoms with E-state index in [9.17, 15) is 4.79 Å². The number of nitrogens with two attached hydrogens (primary N) is 1. The Bertz CT molecular complexity index is 394. The lowest BCUT2D eigenvalue weighted by atomic mass is 9.88. The van der Waals surface area contributed by atoms with Gasteiger partial charge in [0.15, 0.2) is 0 Å². The summed E-state index contributed by atoms with van der Waals surface area (Å²) >= 11 is 1.41. The molecule has 4 nitrogen and oxygen atoms in total. The number of thiophene rings is 1. The molecule has 1 rings (SSSR count). The quantitative estimate of drug-likeness (QED) is 0.741. The van der Waals surface area contributed by atoms with E-state index in [0.717, 1.165) is 17.7 Å². The molecule has 0 aliphatic rings. The lowest BCUT2D eigenvalue weighted by molar-refractivity contribution is 0.0937. The van der Waals surface area contributed by atoms with Crippen molar-refractivity contribution in [2.45, 2.75) is 33.6 Å². The Morgan fingerprint density at radius 2 is 2.22 bits per heavy atom. The second-order valence-corrected chi connectivity index (χ2v) is 6.55. The Morgan fingerprint density at radius 3 is 2.72 bits per heavy atom. The first kappa shape index (κ1) is 15.0. The molecule has 4 N–H and O–H groups in total. The van der Waals surface area contributed by atoms with Crippen molar-refractivity contribution in [2.75, 3.05) is 18.9 Å². The molecule has 0 saturated heterocycles. The van der Waals surface area contributed by atoms with E-state index in [-0.39, 0.29) is 17.9 Å². The third-order valence-electron chi connectivity index (χ3n) is 2.92. The van der Waals surface area contributed by atoms with E-state index >= 15 is 0 Å². The molecule has 1 aromatic rings. The second-order valence-electron chi connectivity index (χ2n) is 5.30. The fourth-order valence-electron chi connectivity index (χ4n) is 1.66. The van der Waals surface area contributed by atoms with E-state index in [4.69, 9.17) is 10.8 Å². The summed E-state index contributed by atoms with van der Waals surface area (Å²) in [6.07, 6.45) is 1.64. The van der Waals surface area contributed by atoms with Crippen molar-refractivity contribution >= 4 is 22.9 Å². The van der Waals surface area contributed by atoms with Crippen LogP contribution in [0.15, 0.2) is 6.07 Å². The van der Waals surface area contributed by atoms with Crippen LogP contribution in [0.1, 0.15) is 41.2 Å². The number of carbonyl (C=O) groups excluding carboxylic acids is 1. The molecule has 0 aromatic carbocycles. The van der Waals surface area contributed by atoms with Crippen LogP contribution in [0.25, 0.3) is 0 Å². The average molecular weight is 270 g/mol. The fourth-order valence-corrected chi connectivity index (χ4v) is 2.52. The lowest BCUT2D eigenvalue weighted by Gasteiger charge is -2.24. The summed E-state index contributed by atoms with van der Waals surface area (Å²) < 4.78 is 0. The van der Waals surface area contributed by atoms with Gasteiger partial charge in [0.2, 0.25) is 0 Å². The third kappa shape index (κ3) is 4.31. The van der Waals surface area contributed by atoms with Gasteiger partial charge in [-0.3, -0.25) is 4.79 Å². The average Bonchev–Trinajstić information content (AvgIpc) is 2.64. The molecule has 0 radical (unpaired) electrons. The van der Waals surface area contributed by atoms with Crippen molar-refractivity contribution in [3.63, 3.8) is 0 Å². The second kappa shape index (κ2) is 6.20. The van der Waals surface area contributed by atoms with Gasteiger partial charge in [0, 0.05) is 23.7 Å². The Balaban J connectivity index is 2.50. The summed E-state index contributed by atoms with van der Waals surface area (Å²) in [6.45, 7) is 6.86. The van der Waals surface area contributed by atoms with E-state index in [2.05, 4.69) is 19.2 Å². The molecule has 0 saturated carbocycles. The van der Waals surface area contributed by atoms with Crippen LogP contribution in [-0.2, 0) is 0 Å². The van der Waals surface area contributed by atoms with Crippen LogP contribution in [0.3, 0.4) is 0 Å². The minimum absolute atomic E-state index is 0.00373.